The van der Waals surface area contributed by atoms with E-state index in [1.54, 1.807) is 11.3 Å². The van der Waals surface area contributed by atoms with E-state index in [0.717, 1.165) is 29.2 Å². The minimum Gasteiger partial charge on any atom is -0.442 e. The molecule has 2 heterocycles. The number of nitriles is 1. The van der Waals surface area contributed by atoms with Crippen molar-refractivity contribution in [1.82, 2.24) is 0 Å². The largest absolute Gasteiger partial charge is 0.442 e. The van der Waals surface area contributed by atoms with Crippen LogP contribution in [0.15, 0.2) is 35.7 Å². The van der Waals surface area contributed by atoms with Crippen LogP contribution in [-0.4, -0.2) is 19.0 Å². The Morgan fingerprint density at radius 1 is 1.30 bits per heavy atom. The van der Waals surface area contributed by atoms with Gasteiger partial charge in [0.15, 0.2) is 0 Å². The highest BCUT2D eigenvalue weighted by Crippen LogP contribution is 2.44. The average Bonchev–Trinajstić information content (AvgIpc) is 3.08. The van der Waals surface area contributed by atoms with Crippen molar-refractivity contribution in [2.24, 2.45) is 5.92 Å². The molecular formula is C18H19N3OS. The highest BCUT2D eigenvalue weighted by atomic mass is 32.1. The molecule has 1 aliphatic heterocycles. The Hall–Kier alpha value is -2.32. The van der Waals surface area contributed by atoms with Crippen LogP contribution in [0.2, 0.25) is 0 Å². The summed E-state index contributed by atoms with van der Waals surface area (Å²) >= 11 is 1.62. The zero-order chi connectivity index (χ0) is 16.4. The van der Waals surface area contributed by atoms with Crippen LogP contribution in [0.4, 0.5) is 5.69 Å². The predicted molar refractivity (Wildman–Crippen MR) is 93.6 cm³/mol. The maximum atomic E-state index is 9.50. The van der Waals surface area contributed by atoms with Crippen LogP contribution in [-0.2, 0) is 0 Å². The third-order valence-corrected chi connectivity index (χ3v) is 5.24. The molecule has 23 heavy (non-hydrogen) atoms. The van der Waals surface area contributed by atoms with Crippen LogP contribution in [0, 0.1) is 22.7 Å². The number of nitrogens with zero attached hydrogens (tertiary/aromatic N) is 2. The number of benzene rings is 1. The van der Waals surface area contributed by atoms with Crippen LogP contribution in [0.25, 0.3) is 0 Å². The van der Waals surface area contributed by atoms with E-state index in [-0.39, 0.29) is 11.8 Å². The SMILES string of the molecule is CCN(CC)c1ccc2c(c1)OC(=N)C(C#N)C2c1cccs1. The van der Waals surface area contributed by atoms with Crippen molar-refractivity contribution in [1.29, 1.82) is 10.7 Å². The molecule has 1 N–H and O–H groups in total. The smallest absolute Gasteiger partial charge is 0.205 e. The molecule has 2 atom stereocenters. The molecular weight excluding hydrogens is 306 g/mol. The molecule has 2 unspecified atom stereocenters. The summed E-state index contributed by atoms with van der Waals surface area (Å²) < 4.78 is 5.68. The molecule has 1 aliphatic rings. The lowest BCUT2D eigenvalue weighted by Crippen LogP contribution is -2.31. The summed E-state index contributed by atoms with van der Waals surface area (Å²) in [7, 11) is 0. The van der Waals surface area contributed by atoms with Gasteiger partial charge in [0.1, 0.15) is 11.7 Å². The van der Waals surface area contributed by atoms with E-state index >= 15 is 0 Å². The number of hydrogen-bond donors (Lipinski definition) is 1. The molecule has 0 saturated heterocycles. The fourth-order valence-corrected chi connectivity index (χ4v) is 3.97. The summed E-state index contributed by atoms with van der Waals surface area (Å²) in [5.74, 6) is 0.0434. The Morgan fingerprint density at radius 3 is 2.70 bits per heavy atom. The first kappa shape index (κ1) is 15.6. The zero-order valence-electron chi connectivity index (χ0n) is 13.2. The first-order chi connectivity index (χ1) is 11.2. The molecule has 3 rings (SSSR count). The van der Waals surface area contributed by atoms with Crippen molar-refractivity contribution in [2.75, 3.05) is 18.0 Å². The van der Waals surface area contributed by atoms with Gasteiger partial charge in [0.2, 0.25) is 5.90 Å². The van der Waals surface area contributed by atoms with Crippen LogP contribution in [0.5, 0.6) is 5.75 Å². The lowest BCUT2D eigenvalue weighted by atomic mass is 9.83. The standard InChI is InChI=1S/C18H19N3OS/c1-3-21(4-2)12-7-8-13-15(10-12)22-18(20)14(11-19)17(13)16-6-5-9-23-16/h5-10,14,17,20H,3-4H2,1-2H3. The molecule has 118 valence electrons. The summed E-state index contributed by atoms with van der Waals surface area (Å²) in [4.78, 5) is 3.34. The molecule has 0 saturated carbocycles. The van der Waals surface area contributed by atoms with E-state index in [9.17, 15) is 5.26 Å². The number of anilines is 1. The van der Waals surface area contributed by atoms with E-state index in [2.05, 4.69) is 30.9 Å². The Bertz CT molecular complexity index is 744. The zero-order valence-corrected chi connectivity index (χ0v) is 14.1. The van der Waals surface area contributed by atoms with Gasteiger partial charge >= 0.3 is 0 Å². The monoisotopic (exact) mass is 325 g/mol. The van der Waals surface area contributed by atoms with Crippen molar-refractivity contribution in [3.63, 3.8) is 0 Å². The lowest BCUT2D eigenvalue weighted by Gasteiger charge is -2.31. The van der Waals surface area contributed by atoms with Gasteiger partial charge in [-0.05, 0) is 31.4 Å². The van der Waals surface area contributed by atoms with Gasteiger partial charge in [-0.25, -0.2) is 0 Å². The summed E-state index contributed by atoms with van der Waals surface area (Å²) in [5.41, 5.74) is 2.08. The normalized spacial score (nSPS) is 19.6. The number of ether oxygens (including phenoxy) is 1. The molecule has 0 bridgehead atoms. The second-order valence-electron chi connectivity index (χ2n) is 5.46. The van der Waals surface area contributed by atoms with Gasteiger partial charge in [0, 0.05) is 41.2 Å². The highest BCUT2D eigenvalue weighted by Gasteiger charge is 2.37. The van der Waals surface area contributed by atoms with Crippen molar-refractivity contribution in [3.05, 3.63) is 46.2 Å². The summed E-state index contributed by atoms with van der Waals surface area (Å²) in [6.07, 6.45) is 0. The van der Waals surface area contributed by atoms with Gasteiger partial charge in [-0.1, -0.05) is 12.1 Å². The fourth-order valence-electron chi connectivity index (χ4n) is 3.09. The summed E-state index contributed by atoms with van der Waals surface area (Å²) in [6.45, 7) is 6.07. The minimum absolute atomic E-state index is 0.0371. The average molecular weight is 325 g/mol. The highest BCUT2D eigenvalue weighted by molar-refractivity contribution is 7.10. The van der Waals surface area contributed by atoms with E-state index < -0.39 is 5.92 Å². The van der Waals surface area contributed by atoms with Gasteiger partial charge in [-0.2, -0.15) is 5.26 Å². The van der Waals surface area contributed by atoms with E-state index in [4.69, 9.17) is 10.1 Å². The van der Waals surface area contributed by atoms with Crippen LogP contribution in [0.3, 0.4) is 0 Å². The Labute approximate surface area is 140 Å². The van der Waals surface area contributed by atoms with Gasteiger partial charge in [0.25, 0.3) is 0 Å². The van der Waals surface area contributed by atoms with Crippen molar-refractivity contribution in [3.8, 4) is 11.8 Å². The van der Waals surface area contributed by atoms with Gasteiger partial charge in [-0.15, -0.1) is 11.3 Å². The lowest BCUT2D eigenvalue weighted by molar-refractivity contribution is 0.452. The van der Waals surface area contributed by atoms with Gasteiger partial charge in [-0.3, -0.25) is 5.41 Å². The van der Waals surface area contributed by atoms with Gasteiger partial charge in [0.05, 0.1) is 6.07 Å². The molecule has 1 aromatic heterocycles. The molecule has 0 radical (unpaired) electrons. The third-order valence-electron chi connectivity index (χ3n) is 4.29. The van der Waals surface area contributed by atoms with Crippen molar-refractivity contribution >= 4 is 22.9 Å². The van der Waals surface area contributed by atoms with Crippen molar-refractivity contribution in [2.45, 2.75) is 19.8 Å². The van der Waals surface area contributed by atoms with Crippen LogP contribution in [0.1, 0.15) is 30.2 Å². The second-order valence-corrected chi connectivity index (χ2v) is 6.44. The van der Waals surface area contributed by atoms with Crippen LogP contribution >= 0.6 is 11.3 Å². The number of fused-ring (bicyclic) bond motifs is 1. The first-order valence-corrected chi connectivity index (χ1v) is 8.65. The fraction of sp³-hybridized carbons (Fsp3) is 0.333. The molecule has 2 aromatic rings. The summed E-state index contributed by atoms with van der Waals surface area (Å²) in [5, 5.41) is 19.6. The molecule has 5 heteroatoms. The molecule has 0 spiro atoms. The number of thiophene rings is 1. The predicted octanol–water partition coefficient (Wildman–Crippen LogP) is 4.24. The topological polar surface area (TPSA) is 60.1 Å². The van der Waals surface area contributed by atoms with Crippen molar-refractivity contribution < 1.29 is 4.74 Å². The molecule has 0 aliphatic carbocycles. The van der Waals surface area contributed by atoms with E-state index in [1.807, 2.05) is 29.6 Å². The summed E-state index contributed by atoms with van der Waals surface area (Å²) in [6, 6.07) is 12.4. The molecule has 0 fully saturated rings. The van der Waals surface area contributed by atoms with Crippen LogP contribution < -0.4 is 9.64 Å². The van der Waals surface area contributed by atoms with E-state index in [0.29, 0.717) is 5.75 Å². The maximum Gasteiger partial charge on any atom is 0.205 e. The molecule has 1 aromatic carbocycles. The maximum absolute atomic E-state index is 9.50. The first-order valence-electron chi connectivity index (χ1n) is 7.77. The van der Waals surface area contributed by atoms with E-state index in [1.165, 1.54) is 0 Å². The Morgan fingerprint density at radius 2 is 2.09 bits per heavy atom. The number of hydrogen-bond acceptors (Lipinski definition) is 5. The third kappa shape index (κ3) is 2.71. The molecule has 0 amide bonds. The van der Waals surface area contributed by atoms with Gasteiger partial charge < -0.3 is 9.64 Å². The minimum atomic E-state index is -0.569. The Balaban J connectivity index is 2.09. The number of rotatable bonds is 4. The number of nitrogens with one attached hydrogen (secondary N) is 1. The Kier molecular flexibility index (Phi) is 4.35. The molecule has 4 nitrogen and oxygen atoms in total. The second kappa shape index (κ2) is 6.43. The quantitative estimate of drug-likeness (QED) is 0.915.